The van der Waals surface area contributed by atoms with Gasteiger partial charge in [-0.25, -0.2) is 0 Å². The molecule has 2 aromatic rings. The van der Waals surface area contributed by atoms with Crippen molar-refractivity contribution in [1.29, 1.82) is 0 Å². The van der Waals surface area contributed by atoms with Gasteiger partial charge in [0.1, 0.15) is 0 Å². The van der Waals surface area contributed by atoms with E-state index in [-0.39, 0.29) is 21.1 Å². The van der Waals surface area contributed by atoms with Crippen molar-refractivity contribution in [2.75, 3.05) is 0 Å². The second-order valence-corrected chi connectivity index (χ2v) is 15.6. The summed E-state index contributed by atoms with van der Waals surface area (Å²) in [4.78, 5) is 22.2. The van der Waals surface area contributed by atoms with Crippen LogP contribution < -0.4 is 10.2 Å². The van der Waals surface area contributed by atoms with Crippen molar-refractivity contribution in [2.24, 2.45) is 0 Å². The molecule has 240 valence electrons. The first-order chi connectivity index (χ1) is 20.8. The number of carbonyl (C=O) groups is 2. The average Bonchev–Trinajstić information content (AvgIpc) is 3.01. The summed E-state index contributed by atoms with van der Waals surface area (Å²) in [7, 11) is 0. The van der Waals surface area contributed by atoms with Crippen LogP contribution in [0.5, 0.6) is 0 Å². The van der Waals surface area contributed by atoms with Crippen molar-refractivity contribution < 1.29 is 19.8 Å². The second kappa shape index (κ2) is 27.7. The SMILES string of the molecule is CCCCc1cccc(C(=O)[O-])c1CCCC.CCCCc1cccc(C(=O)[O-])c1CCCC.CCC[CH2][Sn+2][CH2]CCC. The molecule has 0 saturated heterocycles. The molecule has 0 bridgehead atoms. The molecule has 2 rings (SSSR count). The molecule has 4 nitrogen and oxygen atoms in total. The molecule has 0 fully saturated rings. The first-order valence-corrected chi connectivity index (χ1v) is 21.2. The van der Waals surface area contributed by atoms with E-state index in [1.165, 1.54) is 36.8 Å². The number of carboxylic acids is 2. The Morgan fingerprint density at radius 3 is 1.14 bits per heavy atom. The average molecular weight is 700 g/mol. The molecule has 0 aromatic heterocycles. The quantitative estimate of drug-likeness (QED) is 0.102. The molecule has 0 saturated carbocycles. The maximum absolute atomic E-state index is 11.1. The van der Waals surface area contributed by atoms with Crippen LogP contribution in [0.1, 0.15) is 162 Å². The molecule has 0 unspecified atom stereocenters. The molecule has 2 aromatic carbocycles. The molecule has 0 amide bonds. The number of benzene rings is 2. The van der Waals surface area contributed by atoms with Gasteiger partial charge >= 0.3 is 69.5 Å². The molecule has 0 spiro atoms. The van der Waals surface area contributed by atoms with E-state index in [9.17, 15) is 19.8 Å². The summed E-state index contributed by atoms with van der Waals surface area (Å²) in [5, 5.41) is 22.2. The molecule has 0 N–H and O–H groups in total. The first kappa shape index (κ1) is 41.2. The molecular formula is C38H60O4Sn. The molecule has 0 heterocycles. The van der Waals surface area contributed by atoms with Gasteiger partial charge in [-0.3, -0.25) is 0 Å². The van der Waals surface area contributed by atoms with Crippen LogP contribution in [0.3, 0.4) is 0 Å². The number of hydrogen-bond donors (Lipinski definition) is 0. The maximum atomic E-state index is 11.1. The van der Waals surface area contributed by atoms with E-state index in [0.717, 1.165) is 88.2 Å². The van der Waals surface area contributed by atoms with Crippen LogP contribution in [0.15, 0.2) is 36.4 Å². The van der Waals surface area contributed by atoms with Crippen LogP contribution >= 0.6 is 0 Å². The van der Waals surface area contributed by atoms with Crippen molar-refractivity contribution in [2.45, 2.75) is 153 Å². The second-order valence-electron chi connectivity index (χ2n) is 11.3. The van der Waals surface area contributed by atoms with Crippen molar-refractivity contribution in [3.63, 3.8) is 0 Å². The fourth-order valence-corrected chi connectivity index (χ4v) is 9.04. The van der Waals surface area contributed by atoms with E-state index in [0.29, 0.717) is 11.1 Å². The Bertz CT molecular complexity index is 922. The third-order valence-electron chi connectivity index (χ3n) is 7.56. The monoisotopic (exact) mass is 700 g/mol. The van der Waals surface area contributed by atoms with Gasteiger partial charge in [-0.05, 0) is 73.6 Å². The van der Waals surface area contributed by atoms with Gasteiger partial charge in [0.15, 0.2) is 0 Å². The molecule has 43 heavy (non-hydrogen) atoms. The predicted octanol–water partition coefficient (Wildman–Crippen LogP) is 8.60. The number of aryl methyl sites for hydroxylation is 2. The molecular weight excluding hydrogens is 639 g/mol. The van der Waals surface area contributed by atoms with Crippen LogP contribution in [-0.2, 0) is 25.7 Å². The summed E-state index contributed by atoms with van der Waals surface area (Å²) in [6.07, 6.45) is 18.2. The van der Waals surface area contributed by atoms with Crippen LogP contribution in [0.4, 0.5) is 0 Å². The van der Waals surface area contributed by atoms with Crippen LogP contribution in [-0.4, -0.2) is 33.1 Å². The number of hydrogen-bond acceptors (Lipinski definition) is 4. The Hall–Kier alpha value is -1.82. The Labute approximate surface area is 274 Å². The third-order valence-corrected chi connectivity index (χ3v) is 11.6. The van der Waals surface area contributed by atoms with Gasteiger partial charge in [0.2, 0.25) is 0 Å². The van der Waals surface area contributed by atoms with Gasteiger partial charge in [-0.2, -0.15) is 0 Å². The first-order valence-electron chi connectivity index (χ1n) is 17.2. The van der Waals surface area contributed by atoms with Crippen molar-refractivity contribution in [3.05, 3.63) is 69.8 Å². The van der Waals surface area contributed by atoms with Crippen molar-refractivity contribution in [1.82, 2.24) is 0 Å². The Kier molecular flexibility index (Phi) is 26.5. The number of carboxylic acid groups (broad SMARTS) is 2. The minimum absolute atomic E-state index is 0.149. The number of rotatable bonds is 20. The number of aromatic carboxylic acids is 2. The van der Waals surface area contributed by atoms with Gasteiger partial charge in [0.25, 0.3) is 0 Å². The molecule has 0 aliphatic rings. The molecule has 0 aliphatic heterocycles. The molecule has 5 heteroatoms. The van der Waals surface area contributed by atoms with E-state index in [2.05, 4.69) is 41.5 Å². The van der Waals surface area contributed by atoms with Crippen molar-refractivity contribution >= 4 is 33.1 Å². The van der Waals surface area contributed by atoms with E-state index in [1.807, 2.05) is 24.3 Å². The zero-order chi connectivity index (χ0) is 32.3. The number of unbranched alkanes of at least 4 members (excludes halogenated alkanes) is 6. The summed E-state index contributed by atoms with van der Waals surface area (Å²) in [5.41, 5.74) is 5.11. The number of carbonyl (C=O) groups excluding carboxylic acids is 2. The fourth-order valence-electron chi connectivity index (χ4n) is 4.88. The summed E-state index contributed by atoms with van der Waals surface area (Å²) in [6.45, 7) is 13.1. The van der Waals surface area contributed by atoms with Crippen LogP contribution in [0.25, 0.3) is 0 Å². The Balaban J connectivity index is 0.000000648. The zero-order valence-electron chi connectivity index (χ0n) is 28.3. The van der Waals surface area contributed by atoms with E-state index >= 15 is 0 Å². The predicted molar refractivity (Wildman–Crippen MR) is 181 cm³/mol. The van der Waals surface area contributed by atoms with Crippen LogP contribution in [0, 0.1) is 0 Å². The summed E-state index contributed by atoms with van der Waals surface area (Å²) < 4.78 is 3.25. The third kappa shape index (κ3) is 18.6. The van der Waals surface area contributed by atoms with E-state index < -0.39 is 11.9 Å². The topological polar surface area (TPSA) is 80.3 Å². The van der Waals surface area contributed by atoms with Gasteiger partial charge < -0.3 is 19.8 Å². The molecule has 0 aliphatic carbocycles. The summed E-state index contributed by atoms with van der Waals surface area (Å²) in [6, 6.07) is 11.1. The van der Waals surface area contributed by atoms with Gasteiger partial charge in [0, 0.05) is 11.1 Å². The van der Waals surface area contributed by atoms with Crippen molar-refractivity contribution in [3.8, 4) is 0 Å². The standard InChI is InChI=1S/2C15H22O2.2C4H9.Sn/c2*1-3-5-8-12-9-7-11-14(15(16)17)13(12)10-6-4-2;2*1-3-4-2;/h2*7,9,11H,3-6,8,10H2,1-2H3,(H,16,17);2*1,3-4H2,2H3;/q;;;;+2/p-2. The van der Waals surface area contributed by atoms with Gasteiger partial charge in [0.05, 0.1) is 11.9 Å². The normalized spacial score (nSPS) is 10.2. The van der Waals surface area contributed by atoms with E-state index in [4.69, 9.17) is 0 Å². The zero-order valence-corrected chi connectivity index (χ0v) is 31.2. The van der Waals surface area contributed by atoms with Crippen LogP contribution in [0.2, 0.25) is 8.87 Å². The van der Waals surface area contributed by atoms with Gasteiger partial charge in [-0.1, -0.05) is 89.8 Å². The minimum atomic E-state index is -1.05. The Morgan fingerprint density at radius 1 is 0.512 bits per heavy atom. The van der Waals surface area contributed by atoms with E-state index in [1.54, 1.807) is 21.0 Å². The van der Waals surface area contributed by atoms with Gasteiger partial charge in [-0.15, -0.1) is 0 Å². The summed E-state index contributed by atoms with van der Waals surface area (Å²) >= 11 is 0.149. The summed E-state index contributed by atoms with van der Waals surface area (Å²) in [5.74, 6) is -2.09. The Morgan fingerprint density at radius 2 is 0.837 bits per heavy atom. The fraction of sp³-hybridized carbons (Fsp3) is 0.632. The molecule has 0 atom stereocenters. The molecule has 0 radical (unpaired) electrons.